The minimum atomic E-state index is -2.11. The van der Waals surface area contributed by atoms with Crippen LogP contribution in [0.2, 0.25) is 18.1 Å². The molecule has 1 amide bonds. The maximum absolute atomic E-state index is 14.5. The lowest BCUT2D eigenvalue weighted by Crippen LogP contribution is -2.50. The molecule has 0 spiro atoms. The van der Waals surface area contributed by atoms with E-state index in [0.717, 1.165) is 12.0 Å². The Kier molecular flexibility index (Phi) is 10.8. The Bertz CT molecular complexity index is 1370. The Morgan fingerprint density at radius 1 is 1.07 bits per heavy atom. The summed E-state index contributed by atoms with van der Waals surface area (Å²) in [4.78, 5) is 40.9. The number of rotatable bonds is 10. The van der Waals surface area contributed by atoms with Gasteiger partial charge in [0.15, 0.2) is 8.32 Å². The third-order valence-electron chi connectivity index (χ3n) is 8.32. The van der Waals surface area contributed by atoms with E-state index in [2.05, 4.69) is 39.9 Å². The van der Waals surface area contributed by atoms with Crippen LogP contribution in [0.15, 0.2) is 48.2 Å². The van der Waals surface area contributed by atoms with E-state index in [-0.39, 0.29) is 40.2 Å². The van der Waals surface area contributed by atoms with Crippen molar-refractivity contribution >= 4 is 26.3 Å². The van der Waals surface area contributed by atoms with Gasteiger partial charge in [-0.25, -0.2) is 4.79 Å². The second kappa shape index (κ2) is 13.6. The number of unbranched alkanes of at least 4 members (excludes halogenated alkanes) is 1. The van der Waals surface area contributed by atoms with Crippen LogP contribution in [0.5, 0.6) is 0 Å². The summed E-state index contributed by atoms with van der Waals surface area (Å²) in [7, 11) is -2.11. The number of ether oxygens (including phenoxy) is 1. The van der Waals surface area contributed by atoms with Crippen molar-refractivity contribution in [3.63, 3.8) is 0 Å². The van der Waals surface area contributed by atoms with Crippen LogP contribution >= 0.6 is 0 Å². The number of esters is 1. The van der Waals surface area contributed by atoms with Crippen LogP contribution in [0.1, 0.15) is 105 Å². The molecule has 9 heteroatoms. The second-order valence-electron chi connectivity index (χ2n) is 13.9. The largest absolute Gasteiger partial charge is 0.456 e. The molecule has 0 saturated carbocycles. The van der Waals surface area contributed by atoms with Gasteiger partial charge >= 0.3 is 5.97 Å². The number of amides is 1. The minimum absolute atomic E-state index is 0.00550. The van der Waals surface area contributed by atoms with Gasteiger partial charge in [-0.05, 0) is 80.6 Å². The fraction of sp³-hybridized carbons (Fsp3) is 0.529. The highest BCUT2D eigenvalue weighted by molar-refractivity contribution is 6.74. The molecule has 0 bridgehead atoms. The van der Waals surface area contributed by atoms with Gasteiger partial charge in [-0.15, -0.1) is 0 Å². The number of allylic oxidation sites excluding steroid dienone is 1. The third-order valence-corrected chi connectivity index (χ3v) is 12.8. The molecule has 2 aromatic rings. The number of carbonyl (C=O) groups excluding carboxylic acids is 2. The van der Waals surface area contributed by atoms with Gasteiger partial charge in [0.25, 0.3) is 5.91 Å². The van der Waals surface area contributed by atoms with Gasteiger partial charge in [-0.1, -0.05) is 64.4 Å². The van der Waals surface area contributed by atoms with E-state index in [1.807, 2.05) is 25.1 Å². The SMILES string of the molecule is CCCCC(=Cc1ccc(C(=O)OC(C)(C)C)cc1C(=O)N1Cc2ccccc2CC1CO[Si](C)(C)C(C)(C)C)[N+](=O)[O-]. The lowest BCUT2D eigenvalue weighted by molar-refractivity contribution is -0.426. The lowest BCUT2D eigenvalue weighted by Gasteiger charge is -2.41. The molecule has 234 valence electrons. The summed E-state index contributed by atoms with van der Waals surface area (Å²) in [6, 6.07) is 12.5. The average molecular weight is 609 g/mol. The number of nitro groups is 1. The molecule has 1 unspecified atom stereocenters. The molecular formula is C34H48N2O6Si. The van der Waals surface area contributed by atoms with Crippen molar-refractivity contribution in [2.45, 2.75) is 110 Å². The Balaban J connectivity index is 2.11. The van der Waals surface area contributed by atoms with E-state index in [0.29, 0.717) is 31.6 Å². The molecule has 0 radical (unpaired) electrons. The molecule has 1 aliphatic rings. The highest BCUT2D eigenvalue weighted by atomic mass is 28.4. The van der Waals surface area contributed by atoms with Gasteiger partial charge in [0, 0.05) is 24.6 Å². The first kappa shape index (κ1) is 34.2. The zero-order valence-corrected chi connectivity index (χ0v) is 28.3. The quantitative estimate of drug-likeness (QED) is 0.117. The first-order valence-corrected chi connectivity index (χ1v) is 18.1. The topological polar surface area (TPSA) is 99.0 Å². The molecule has 0 N–H and O–H groups in total. The van der Waals surface area contributed by atoms with Crippen molar-refractivity contribution < 1.29 is 23.7 Å². The molecule has 0 fully saturated rings. The molecule has 43 heavy (non-hydrogen) atoms. The smallest absolute Gasteiger partial charge is 0.338 e. The summed E-state index contributed by atoms with van der Waals surface area (Å²) < 4.78 is 12.2. The van der Waals surface area contributed by atoms with Gasteiger partial charge in [0.2, 0.25) is 5.70 Å². The first-order chi connectivity index (χ1) is 19.9. The van der Waals surface area contributed by atoms with E-state index in [1.54, 1.807) is 37.8 Å². The maximum Gasteiger partial charge on any atom is 0.338 e. The molecule has 1 heterocycles. The standard InChI is InChI=1S/C34H48N2O6Si/c1-10-11-16-28(36(39)40)20-25-17-18-26(32(38)42-33(2,3)4)21-30(25)31(37)35-22-27-15-13-12-14-24(27)19-29(35)23-41-43(8,9)34(5,6)7/h12-15,17-18,20-21,29H,10-11,16,19,22-23H2,1-9H3. The molecule has 2 aromatic carbocycles. The van der Waals surface area contributed by atoms with Crippen LogP contribution in [-0.4, -0.2) is 48.3 Å². The van der Waals surface area contributed by atoms with E-state index < -0.39 is 24.8 Å². The fourth-order valence-corrected chi connectivity index (χ4v) is 5.78. The number of fused-ring (bicyclic) bond motifs is 1. The fourth-order valence-electron chi connectivity index (χ4n) is 4.73. The van der Waals surface area contributed by atoms with Crippen molar-refractivity contribution in [2.75, 3.05) is 6.61 Å². The number of hydrogen-bond donors (Lipinski definition) is 0. The summed E-state index contributed by atoms with van der Waals surface area (Å²) in [6.07, 6.45) is 3.84. The van der Waals surface area contributed by atoms with Gasteiger partial charge in [0.05, 0.1) is 23.1 Å². The van der Waals surface area contributed by atoms with E-state index in [9.17, 15) is 19.7 Å². The zero-order valence-electron chi connectivity index (χ0n) is 27.3. The molecule has 1 atom stereocenters. The van der Waals surface area contributed by atoms with Crippen LogP contribution in [0.3, 0.4) is 0 Å². The molecule has 0 saturated heterocycles. The van der Waals surface area contributed by atoms with Crippen molar-refractivity contribution in [2.24, 2.45) is 0 Å². The second-order valence-corrected chi connectivity index (χ2v) is 18.7. The Hall–Kier alpha value is -3.30. The van der Waals surface area contributed by atoms with Gasteiger partial charge in [-0.3, -0.25) is 14.9 Å². The Morgan fingerprint density at radius 3 is 2.30 bits per heavy atom. The molecule has 8 nitrogen and oxygen atoms in total. The predicted molar refractivity (Wildman–Crippen MR) is 173 cm³/mol. The monoisotopic (exact) mass is 608 g/mol. The first-order valence-electron chi connectivity index (χ1n) is 15.2. The number of carbonyl (C=O) groups is 2. The minimum Gasteiger partial charge on any atom is -0.456 e. The lowest BCUT2D eigenvalue weighted by atomic mass is 9.92. The summed E-state index contributed by atoms with van der Waals surface area (Å²) in [5.74, 6) is -0.854. The number of nitrogens with zero attached hydrogens (tertiary/aromatic N) is 2. The van der Waals surface area contributed by atoms with E-state index in [4.69, 9.17) is 9.16 Å². The number of hydrogen-bond acceptors (Lipinski definition) is 6. The van der Waals surface area contributed by atoms with Crippen LogP contribution < -0.4 is 0 Å². The van der Waals surface area contributed by atoms with Crippen molar-refractivity contribution in [3.05, 3.63) is 86.1 Å². The highest BCUT2D eigenvalue weighted by Crippen LogP contribution is 2.37. The van der Waals surface area contributed by atoms with Crippen LogP contribution in [-0.2, 0) is 22.1 Å². The van der Waals surface area contributed by atoms with Crippen molar-refractivity contribution in [1.82, 2.24) is 4.90 Å². The van der Waals surface area contributed by atoms with E-state index >= 15 is 0 Å². The summed E-state index contributed by atoms with van der Waals surface area (Å²) >= 11 is 0. The Morgan fingerprint density at radius 2 is 1.72 bits per heavy atom. The molecule has 0 aromatic heterocycles. The third kappa shape index (κ3) is 8.86. The predicted octanol–water partition coefficient (Wildman–Crippen LogP) is 8.04. The van der Waals surface area contributed by atoms with Gasteiger partial charge < -0.3 is 14.1 Å². The maximum atomic E-state index is 14.5. The van der Waals surface area contributed by atoms with Gasteiger partial charge in [0.1, 0.15) is 5.60 Å². The van der Waals surface area contributed by atoms with Gasteiger partial charge in [-0.2, -0.15) is 0 Å². The van der Waals surface area contributed by atoms with Crippen molar-refractivity contribution in [3.8, 4) is 0 Å². The van der Waals surface area contributed by atoms with Crippen LogP contribution in [0, 0.1) is 10.1 Å². The zero-order chi connectivity index (χ0) is 32.2. The number of benzene rings is 2. The van der Waals surface area contributed by atoms with E-state index in [1.165, 1.54) is 17.7 Å². The molecule has 1 aliphatic heterocycles. The molecule has 0 aliphatic carbocycles. The molecule has 3 rings (SSSR count). The van der Waals surface area contributed by atoms with Crippen molar-refractivity contribution in [1.29, 1.82) is 0 Å². The normalized spacial score (nSPS) is 16.1. The highest BCUT2D eigenvalue weighted by Gasteiger charge is 2.39. The van der Waals surface area contributed by atoms with Crippen LogP contribution in [0.25, 0.3) is 6.08 Å². The summed E-state index contributed by atoms with van der Waals surface area (Å²) in [5.41, 5.74) is 2.39. The molecular weight excluding hydrogens is 560 g/mol. The summed E-state index contributed by atoms with van der Waals surface area (Å²) in [6.45, 7) is 19.0. The Labute approximate surface area is 257 Å². The van der Waals surface area contributed by atoms with Crippen LogP contribution in [0.4, 0.5) is 0 Å². The summed E-state index contributed by atoms with van der Waals surface area (Å²) in [5, 5.41) is 11.9. The average Bonchev–Trinajstić information content (AvgIpc) is 2.91.